The number of aryl methyl sites for hydroxylation is 3. The summed E-state index contributed by atoms with van der Waals surface area (Å²) in [6, 6.07) is 6.41. The second kappa shape index (κ2) is 5.24. The molecule has 0 aliphatic rings. The van der Waals surface area contributed by atoms with Gasteiger partial charge in [0.2, 0.25) is 5.95 Å². The molecule has 0 unspecified atom stereocenters. The number of anilines is 3. The summed E-state index contributed by atoms with van der Waals surface area (Å²) < 4.78 is 0. The van der Waals surface area contributed by atoms with E-state index < -0.39 is 0 Å². The Hall–Kier alpha value is -2.14. The maximum absolute atomic E-state index is 5.36. The third-order valence-corrected chi connectivity index (χ3v) is 2.99. The van der Waals surface area contributed by atoms with E-state index in [-0.39, 0.29) is 0 Å². The Kier molecular flexibility index (Phi) is 3.66. The molecule has 3 N–H and O–H groups in total. The summed E-state index contributed by atoms with van der Waals surface area (Å²) in [5.74, 6) is 6.62. The molecule has 0 aliphatic heterocycles. The van der Waals surface area contributed by atoms with Gasteiger partial charge in [0.05, 0.1) is 0 Å². The predicted molar refractivity (Wildman–Crippen MR) is 78.6 cm³/mol. The highest BCUT2D eigenvalue weighted by atomic mass is 15.3. The molecule has 5 nitrogen and oxygen atoms in total. The molecule has 2 aromatic rings. The molecule has 0 spiro atoms. The van der Waals surface area contributed by atoms with Gasteiger partial charge in [-0.3, -0.25) is 5.43 Å². The molecule has 0 fully saturated rings. The quantitative estimate of drug-likeness (QED) is 0.653. The molecule has 0 bridgehead atoms. The minimum atomic E-state index is 0.414. The first-order chi connectivity index (χ1) is 9.01. The number of nitrogens with one attached hydrogen (secondary N) is 1. The topological polar surface area (TPSA) is 67.1 Å². The van der Waals surface area contributed by atoms with E-state index in [9.17, 15) is 0 Å². The second-order valence-electron chi connectivity index (χ2n) is 4.75. The number of rotatable bonds is 3. The van der Waals surface area contributed by atoms with Crippen LogP contribution in [0.15, 0.2) is 24.4 Å². The van der Waals surface area contributed by atoms with Crippen molar-refractivity contribution >= 4 is 17.5 Å². The van der Waals surface area contributed by atoms with E-state index in [2.05, 4.69) is 47.4 Å². The average Bonchev–Trinajstić information content (AvgIpc) is 2.37. The lowest BCUT2D eigenvalue weighted by Crippen LogP contribution is -2.17. The lowest BCUT2D eigenvalue weighted by molar-refractivity contribution is 1.04. The Balaban J connectivity index is 2.45. The van der Waals surface area contributed by atoms with Crippen LogP contribution >= 0.6 is 0 Å². The molecule has 0 amide bonds. The number of hydrogen-bond donors (Lipinski definition) is 2. The summed E-state index contributed by atoms with van der Waals surface area (Å²) in [6.45, 7) is 6.16. The molecule has 0 aliphatic carbocycles. The third-order valence-electron chi connectivity index (χ3n) is 2.99. The SMILES string of the molecule is Cc1cc(C)cc(N(C)c2nc(NN)ncc2C)c1. The highest BCUT2D eigenvalue weighted by molar-refractivity contribution is 5.64. The molecule has 100 valence electrons. The summed E-state index contributed by atoms with van der Waals surface area (Å²) in [4.78, 5) is 10.5. The van der Waals surface area contributed by atoms with Crippen LogP contribution in [0.25, 0.3) is 0 Å². The van der Waals surface area contributed by atoms with Gasteiger partial charge in [-0.2, -0.15) is 4.98 Å². The third kappa shape index (κ3) is 2.82. The Labute approximate surface area is 113 Å². The fourth-order valence-corrected chi connectivity index (χ4v) is 2.11. The molecule has 5 heteroatoms. The van der Waals surface area contributed by atoms with Crippen molar-refractivity contribution in [1.82, 2.24) is 9.97 Å². The van der Waals surface area contributed by atoms with Crippen molar-refractivity contribution in [1.29, 1.82) is 0 Å². The summed E-state index contributed by atoms with van der Waals surface area (Å²) in [5.41, 5.74) is 7.03. The largest absolute Gasteiger partial charge is 0.329 e. The molecule has 1 aromatic carbocycles. The monoisotopic (exact) mass is 257 g/mol. The van der Waals surface area contributed by atoms with Crippen LogP contribution in [-0.4, -0.2) is 17.0 Å². The Morgan fingerprint density at radius 2 is 1.74 bits per heavy atom. The van der Waals surface area contributed by atoms with Crippen LogP contribution < -0.4 is 16.2 Å². The van der Waals surface area contributed by atoms with Crippen molar-refractivity contribution in [2.75, 3.05) is 17.4 Å². The van der Waals surface area contributed by atoms with E-state index in [0.29, 0.717) is 5.95 Å². The van der Waals surface area contributed by atoms with Gasteiger partial charge in [-0.25, -0.2) is 10.8 Å². The van der Waals surface area contributed by atoms with Crippen molar-refractivity contribution in [2.45, 2.75) is 20.8 Å². The van der Waals surface area contributed by atoms with E-state index in [0.717, 1.165) is 17.1 Å². The lowest BCUT2D eigenvalue weighted by Gasteiger charge is -2.21. The first kappa shape index (κ1) is 13.3. The van der Waals surface area contributed by atoms with Crippen LogP contribution in [0.1, 0.15) is 16.7 Å². The van der Waals surface area contributed by atoms with Crippen molar-refractivity contribution < 1.29 is 0 Å². The Bertz CT molecular complexity index is 574. The van der Waals surface area contributed by atoms with Gasteiger partial charge in [0.25, 0.3) is 0 Å². The van der Waals surface area contributed by atoms with Crippen molar-refractivity contribution in [3.8, 4) is 0 Å². The van der Waals surface area contributed by atoms with E-state index in [4.69, 9.17) is 5.84 Å². The fraction of sp³-hybridized carbons (Fsp3) is 0.286. The van der Waals surface area contributed by atoms with Crippen LogP contribution in [0.2, 0.25) is 0 Å². The van der Waals surface area contributed by atoms with Crippen LogP contribution in [-0.2, 0) is 0 Å². The predicted octanol–water partition coefficient (Wildman–Crippen LogP) is 2.46. The molecular formula is C14H19N5. The Morgan fingerprint density at radius 1 is 1.11 bits per heavy atom. The zero-order valence-corrected chi connectivity index (χ0v) is 11.7. The number of nitrogen functional groups attached to an aromatic ring is 1. The highest BCUT2D eigenvalue weighted by Gasteiger charge is 2.11. The number of hydrazine groups is 1. The molecule has 0 radical (unpaired) electrons. The standard InChI is InChI=1S/C14H19N5/c1-9-5-10(2)7-12(6-9)19(4)13-11(3)8-16-14(17-13)18-15/h5-8H,15H2,1-4H3,(H,16,17,18). The number of hydrogen-bond acceptors (Lipinski definition) is 5. The smallest absolute Gasteiger partial charge is 0.239 e. The maximum atomic E-state index is 5.36. The normalized spacial score (nSPS) is 10.4. The molecule has 2 rings (SSSR count). The van der Waals surface area contributed by atoms with E-state index in [1.807, 2.05) is 18.9 Å². The van der Waals surface area contributed by atoms with Crippen molar-refractivity contribution in [2.24, 2.45) is 5.84 Å². The van der Waals surface area contributed by atoms with E-state index in [1.165, 1.54) is 11.1 Å². The fourth-order valence-electron chi connectivity index (χ4n) is 2.11. The first-order valence-corrected chi connectivity index (χ1v) is 6.13. The summed E-state index contributed by atoms with van der Waals surface area (Å²) in [7, 11) is 1.99. The van der Waals surface area contributed by atoms with Crippen molar-refractivity contribution in [3.63, 3.8) is 0 Å². The zero-order valence-electron chi connectivity index (χ0n) is 11.7. The van der Waals surface area contributed by atoms with Gasteiger partial charge < -0.3 is 4.90 Å². The Morgan fingerprint density at radius 3 is 2.32 bits per heavy atom. The molecule has 0 saturated carbocycles. The van der Waals surface area contributed by atoms with Gasteiger partial charge in [-0.1, -0.05) is 6.07 Å². The molecular weight excluding hydrogens is 238 g/mol. The van der Waals surface area contributed by atoms with Crippen LogP contribution in [0.5, 0.6) is 0 Å². The van der Waals surface area contributed by atoms with Crippen molar-refractivity contribution in [3.05, 3.63) is 41.1 Å². The lowest BCUT2D eigenvalue weighted by atomic mass is 10.1. The number of nitrogens with two attached hydrogens (primary N) is 1. The minimum Gasteiger partial charge on any atom is -0.329 e. The number of nitrogens with zero attached hydrogens (tertiary/aromatic N) is 3. The van der Waals surface area contributed by atoms with Gasteiger partial charge >= 0.3 is 0 Å². The highest BCUT2D eigenvalue weighted by Crippen LogP contribution is 2.26. The van der Waals surface area contributed by atoms with Crippen LogP contribution in [0.3, 0.4) is 0 Å². The van der Waals surface area contributed by atoms with Gasteiger partial charge in [0, 0.05) is 24.5 Å². The molecule has 19 heavy (non-hydrogen) atoms. The second-order valence-corrected chi connectivity index (χ2v) is 4.75. The van der Waals surface area contributed by atoms with Gasteiger partial charge in [0.15, 0.2) is 0 Å². The minimum absolute atomic E-state index is 0.414. The van der Waals surface area contributed by atoms with E-state index >= 15 is 0 Å². The molecule has 1 aromatic heterocycles. The van der Waals surface area contributed by atoms with Gasteiger partial charge in [-0.15, -0.1) is 0 Å². The van der Waals surface area contributed by atoms with Gasteiger partial charge in [0.1, 0.15) is 5.82 Å². The van der Waals surface area contributed by atoms with E-state index in [1.54, 1.807) is 6.20 Å². The maximum Gasteiger partial charge on any atom is 0.239 e. The number of aromatic nitrogens is 2. The zero-order chi connectivity index (χ0) is 14.0. The summed E-state index contributed by atoms with van der Waals surface area (Å²) in [6.07, 6.45) is 1.76. The summed E-state index contributed by atoms with van der Waals surface area (Å²) >= 11 is 0. The van der Waals surface area contributed by atoms with Crippen LogP contribution in [0, 0.1) is 20.8 Å². The van der Waals surface area contributed by atoms with Gasteiger partial charge in [-0.05, 0) is 44.0 Å². The molecule has 0 atom stereocenters. The van der Waals surface area contributed by atoms with Crippen LogP contribution in [0.4, 0.5) is 17.5 Å². The summed E-state index contributed by atoms with van der Waals surface area (Å²) in [5, 5.41) is 0. The number of benzene rings is 1. The molecule has 0 saturated heterocycles. The molecule has 1 heterocycles. The first-order valence-electron chi connectivity index (χ1n) is 6.13. The average molecular weight is 257 g/mol.